The monoisotopic (exact) mass is 231 g/mol. The second-order valence-corrected chi connectivity index (χ2v) is 6.44. The van der Waals surface area contributed by atoms with Gasteiger partial charge < -0.3 is 4.90 Å². The van der Waals surface area contributed by atoms with E-state index in [1.165, 1.54) is 23.2 Å². The van der Waals surface area contributed by atoms with Gasteiger partial charge in [-0.25, -0.2) is 0 Å². The molecule has 0 radical (unpaired) electrons. The summed E-state index contributed by atoms with van der Waals surface area (Å²) in [6, 6.07) is 7.47. The zero-order chi connectivity index (χ0) is 12.8. The summed E-state index contributed by atoms with van der Waals surface area (Å²) >= 11 is 0. The fraction of sp³-hybridized carbons (Fsp3) is 0.625. The Morgan fingerprint density at radius 2 is 1.94 bits per heavy atom. The first-order chi connectivity index (χ1) is 7.83. The third-order valence-corrected chi connectivity index (χ3v) is 3.95. The largest absolute Gasteiger partial charge is 0.364 e. The normalized spacial score (nSPS) is 22.8. The fourth-order valence-electron chi connectivity index (χ4n) is 3.54. The van der Waals surface area contributed by atoms with Gasteiger partial charge >= 0.3 is 0 Å². The Morgan fingerprint density at radius 1 is 1.29 bits per heavy atom. The lowest BCUT2D eigenvalue weighted by molar-refractivity contribution is 0.356. The fourth-order valence-corrected chi connectivity index (χ4v) is 3.54. The number of anilines is 1. The van der Waals surface area contributed by atoms with E-state index in [1.807, 2.05) is 0 Å². The van der Waals surface area contributed by atoms with E-state index in [9.17, 15) is 0 Å². The molecule has 0 bridgehead atoms. The van der Waals surface area contributed by atoms with Crippen molar-refractivity contribution < 1.29 is 0 Å². The Balaban J connectivity index is 2.59. The molecule has 94 valence electrons. The van der Waals surface area contributed by atoms with Crippen LogP contribution in [0.2, 0.25) is 0 Å². The van der Waals surface area contributed by atoms with E-state index in [-0.39, 0.29) is 5.54 Å². The summed E-state index contributed by atoms with van der Waals surface area (Å²) in [5, 5.41) is 0. The topological polar surface area (TPSA) is 3.24 Å². The molecule has 0 aromatic heterocycles. The van der Waals surface area contributed by atoms with Gasteiger partial charge in [0.2, 0.25) is 0 Å². The number of hydrogen-bond donors (Lipinski definition) is 0. The van der Waals surface area contributed by atoms with Gasteiger partial charge in [-0.3, -0.25) is 0 Å². The number of hydrogen-bond acceptors (Lipinski definition) is 1. The number of nitrogens with zero attached hydrogens (tertiary/aromatic N) is 1. The van der Waals surface area contributed by atoms with Crippen molar-refractivity contribution in [3.8, 4) is 0 Å². The highest BCUT2D eigenvalue weighted by Crippen LogP contribution is 2.44. The highest BCUT2D eigenvalue weighted by atomic mass is 15.2. The van der Waals surface area contributed by atoms with Crippen molar-refractivity contribution in [1.82, 2.24) is 0 Å². The molecule has 1 heterocycles. The van der Waals surface area contributed by atoms with E-state index in [4.69, 9.17) is 0 Å². The second-order valence-electron chi connectivity index (χ2n) is 6.44. The molecule has 0 amide bonds. The summed E-state index contributed by atoms with van der Waals surface area (Å²) in [4.78, 5) is 2.59. The second kappa shape index (κ2) is 4.04. The van der Waals surface area contributed by atoms with Crippen molar-refractivity contribution in [2.75, 3.05) is 4.90 Å². The van der Waals surface area contributed by atoms with Crippen molar-refractivity contribution in [2.45, 2.75) is 65.5 Å². The predicted molar refractivity (Wildman–Crippen MR) is 75.9 cm³/mol. The standard InChI is InChI=1S/C16H25N/c1-11(2)17-15-9-12(3)7-8-14(15)13(4)10-16(17,5)6/h7-9,11,13H,10H2,1-6H3. The van der Waals surface area contributed by atoms with Gasteiger partial charge in [0.15, 0.2) is 0 Å². The zero-order valence-corrected chi connectivity index (χ0v) is 12.0. The van der Waals surface area contributed by atoms with Crippen LogP contribution in [0.1, 0.15) is 58.1 Å². The van der Waals surface area contributed by atoms with E-state index < -0.39 is 0 Å². The maximum atomic E-state index is 2.59. The van der Waals surface area contributed by atoms with Crippen molar-refractivity contribution in [3.63, 3.8) is 0 Å². The van der Waals surface area contributed by atoms with Gasteiger partial charge in [0.25, 0.3) is 0 Å². The van der Waals surface area contributed by atoms with Crippen molar-refractivity contribution >= 4 is 5.69 Å². The maximum absolute atomic E-state index is 2.59. The first-order valence-electron chi connectivity index (χ1n) is 6.73. The van der Waals surface area contributed by atoms with Gasteiger partial charge in [0.05, 0.1) is 0 Å². The molecule has 1 aliphatic rings. The predicted octanol–water partition coefficient (Wildman–Crippen LogP) is 4.50. The van der Waals surface area contributed by atoms with E-state index in [0.29, 0.717) is 12.0 Å². The molecule has 1 aliphatic heterocycles. The molecular formula is C16H25N. The van der Waals surface area contributed by atoms with Crippen LogP contribution < -0.4 is 4.90 Å². The molecule has 0 fully saturated rings. The number of rotatable bonds is 1. The summed E-state index contributed by atoms with van der Waals surface area (Å²) in [7, 11) is 0. The minimum atomic E-state index is 0.258. The summed E-state index contributed by atoms with van der Waals surface area (Å²) in [6.45, 7) is 13.9. The molecular weight excluding hydrogens is 206 g/mol. The van der Waals surface area contributed by atoms with Crippen molar-refractivity contribution in [1.29, 1.82) is 0 Å². The minimum absolute atomic E-state index is 0.258. The Morgan fingerprint density at radius 3 is 2.53 bits per heavy atom. The molecule has 0 N–H and O–H groups in total. The lowest BCUT2D eigenvalue weighted by Gasteiger charge is -2.50. The lowest BCUT2D eigenvalue weighted by Crippen LogP contribution is -2.51. The molecule has 1 aromatic carbocycles. The minimum Gasteiger partial charge on any atom is -0.364 e. The van der Waals surface area contributed by atoms with Gasteiger partial charge in [-0.05, 0) is 64.2 Å². The van der Waals surface area contributed by atoms with Crippen LogP contribution in [0.4, 0.5) is 5.69 Å². The van der Waals surface area contributed by atoms with Crippen molar-refractivity contribution in [2.24, 2.45) is 0 Å². The summed E-state index contributed by atoms with van der Waals surface area (Å²) < 4.78 is 0. The molecule has 1 atom stereocenters. The number of fused-ring (bicyclic) bond motifs is 1. The van der Waals surface area contributed by atoms with Crippen LogP contribution in [0.5, 0.6) is 0 Å². The van der Waals surface area contributed by atoms with Crippen molar-refractivity contribution in [3.05, 3.63) is 29.3 Å². The Hall–Kier alpha value is -0.980. The van der Waals surface area contributed by atoms with Crippen LogP contribution in [0.3, 0.4) is 0 Å². The summed E-state index contributed by atoms with van der Waals surface area (Å²) in [6.07, 6.45) is 1.24. The molecule has 0 saturated carbocycles. The molecule has 17 heavy (non-hydrogen) atoms. The first-order valence-corrected chi connectivity index (χ1v) is 6.73. The van der Waals surface area contributed by atoms with Crippen LogP contribution in [0, 0.1) is 6.92 Å². The first kappa shape index (κ1) is 12.5. The van der Waals surface area contributed by atoms with Crippen LogP contribution in [-0.2, 0) is 0 Å². The van der Waals surface area contributed by atoms with E-state index in [2.05, 4.69) is 64.6 Å². The molecule has 1 heteroatoms. The molecule has 2 rings (SSSR count). The Kier molecular flexibility index (Phi) is 2.97. The Bertz CT molecular complexity index is 418. The third-order valence-electron chi connectivity index (χ3n) is 3.95. The van der Waals surface area contributed by atoms with Gasteiger partial charge in [0, 0.05) is 17.3 Å². The molecule has 1 nitrogen and oxygen atoms in total. The molecule has 0 spiro atoms. The SMILES string of the molecule is Cc1ccc2c(c1)N(C(C)C)C(C)(C)CC2C. The smallest absolute Gasteiger partial charge is 0.0410 e. The number of benzene rings is 1. The molecule has 0 saturated heterocycles. The average Bonchev–Trinajstić information content (AvgIpc) is 2.14. The van der Waals surface area contributed by atoms with E-state index in [1.54, 1.807) is 0 Å². The maximum Gasteiger partial charge on any atom is 0.0410 e. The quantitative estimate of drug-likeness (QED) is 0.688. The highest BCUT2D eigenvalue weighted by Gasteiger charge is 2.37. The average molecular weight is 231 g/mol. The Labute approximate surface area is 106 Å². The molecule has 0 aliphatic carbocycles. The zero-order valence-electron chi connectivity index (χ0n) is 12.0. The van der Waals surface area contributed by atoms with Crippen LogP contribution in [0.25, 0.3) is 0 Å². The van der Waals surface area contributed by atoms with Crippen LogP contribution in [-0.4, -0.2) is 11.6 Å². The molecule has 1 unspecified atom stereocenters. The third kappa shape index (κ3) is 2.08. The summed E-state index contributed by atoms with van der Waals surface area (Å²) in [5.74, 6) is 0.663. The lowest BCUT2D eigenvalue weighted by atomic mass is 9.79. The summed E-state index contributed by atoms with van der Waals surface area (Å²) in [5.41, 5.74) is 4.58. The van der Waals surface area contributed by atoms with Gasteiger partial charge in [-0.2, -0.15) is 0 Å². The van der Waals surface area contributed by atoms with E-state index >= 15 is 0 Å². The number of aryl methyl sites for hydroxylation is 1. The highest BCUT2D eigenvalue weighted by molar-refractivity contribution is 5.61. The van der Waals surface area contributed by atoms with Crippen LogP contribution >= 0.6 is 0 Å². The molecule has 1 aromatic rings. The van der Waals surface area contributed by atoms with Gasteiger partial charge in [0.1, 0.15) is 0 Å². The van der Waals surface area contributed by atoms with Gasteiger partial charge in [-0.1, -0.05) is 19.1 Å². The van der Waals surface area contributed by atoms with Crippen LogP contribution in [0.15, 0.2) is 18.2 Å². The van der Waals surface area contributed by atoms with E-state index in [0.717, 1.165) is 0 Å². The van der Waals surface area contributed by atoms with Gasteiger partial charge in [-0.15, -0.1) is 0 Å².